The lowest BCUT2D eigenvalue weighted by atomic mass is 10.1. The van der Waals surface area contributed by atoms with E-state index in [1.807, 2.05) is 17.9 Å². The van der Waals surface area contributed by atoms with Crippen molar-refractivity contribution in [2.45, 2.75) is 19.4 Å². The first-order chi connectivity index (χ1) is 12.5. The first-order valence-corrected chi connectivity index (χ1v) is 8.47. The smallest absolute Gasteiger partial charge is 0.250 e. The van der Waals surface area contributed by atoms with Gasteiger partial charge in [0.05, 0.1) is 30.0 Å². The van der Waals surface area contributed by atoms with Crippen LogP contribution in [0.2, 0.25) is 0 Å². The molecule has 0 bridgehead atoms. The molecule has 0 aromatic heterocycles. The van der Waals surface area contributed by atoms with Crippen LogP contribution in [0.4, 0.5) is 17.1 Å². The molecule has 0 aliphatic carbocycles. The Morgan fingerprint density at radius 3 is 2.77 bits per heavy atom. The largest absolute Gasteiger partial charge is 0.486 e. The zero-order valence-electron chi connectivity index (χ0n) is 14.6. The molecule has 1 aliphatic heterocycles. The lowest BCUT2D eigenvalue weighted by Crippen LogP contribution is -2.43. The summed E-state index contributed by atoms with van der Waals surface area (Å²) in [6.07, 6.45) is 0.823. The van der Waals surface area contributed by atoms with Crippen LogP contribution in [0.15, 0.2) is 42.5 Å². The molecule has 0 saturated heterocycles. The van der Waals surface area contributed by atoms with Gasteiger partial charge in [-0.05, 0) is 36.8 Å². The predicted molar refractivity (Wildman–Crippen MR) is 101 cm³/mol. The van der Waals surface area contributed by atoms with Gasteiger partial charge in [-0.1, -0.05) is 19.1 Å². The molecule has 0 radical (unpaired) electrons. The second-order valence-electron chi connectivity index (χ2n) is 6.21. The van der Waals surface area contributed by atoms with Gasteiger partial charge in [0, 0.05) is 5.69 Å². The minimum atomic E-state index is -0.587. The summed E-state index contributed by atoms with van der Waals surface area (Å²) in [5.74, 6) is -0.122. The number of fused-ring (bicyclic) bond motifs is 1. The predicted octanol–water partition coefficient (Wildman–Crippen LogP) is 1.98. The number of anilines is 3. The molecule has 2 amide bonds. The van der Waals surface area contributed by atoms with Crippen molar-refractivity contribution in [1.29, 1.82) is 0 Å². The number of nitrogens with zero attached hydrogens (tertiary/aromatic N) is 1. The Balaban J connectivity index is 1.79. The molecule has 0 saturated carbocycles. The van der Waals surface area contributed by atoms with Crippen molar-refractivity contribution < 1.29 is 14.3 Å². The van der Waals surface area contributed by atoms with Crippen molar-refractivity contribution in [1.82, 2.24) is 0 Å². The number of ether oxygens (including phenoxy) is 1. The van der Waals surface area contributed by atoms with Gasteiger partial charge in [0.2, 0.25) is 5.91 Å². The number of nitrogens with one attached hydrogen (secondary N) is 1. The van der Waals surface area contributed by atoms with E-state index in [1.165, 1.54) is 0 Å². The van der Waals surface area contributed by atoms with Crippen molar-refractivity contribution in [3.63, 3.8) is 0 Å². The summed E-state index contributed by atoms with van der Waals surface area (Å²) in [7, 11) is 0. The van der Waals surface area contributed by atoms with E-state index in [1.54, 1.807) is 36.4 Å². The lowest BCUT2D eigenvalue weighted by Gasteiger charge is -2.35. The van der Waals surface area contributed by atoms with E-state index in [-0.39, 0.29) is 24.1 Å². The maximum absolute atomic E-state index is 12.6. The molecule has 2 aromatic carbocycles. The van der Waals surface area contributed by atoms with Crippen LogP contribution in [0.3, 0.4) is 0 Å². The van der Waals surface area contributed by atoms with Gasteiger partial charge in [0.1, 0.15) is 11.9 Å². The number of nitrogens with two attached hydrogens (primary N) is 2. The zero-order valence-corrected chi connectivity index (χ0v) is 14.6. The summed E-state index contributed by atoms with van der Waals surface area (Å²) in [6, 6.07) is 12.1. The second-order valence-corrected chi connectivity index (χ2v) is 6.21. The van der Waals surface area contributed by atoms with Gasteiger partial charge in [-0.2, -0.15) is 0 Å². The summed E-state index contributed by atoms with van der Waals surface area (Å²) in [4.78, 5) is 26.0. The molecule has 1 heterocycles. The second kappa shape index (κ2) is 7.35. The molecule has 0 fully saturated rings. The highest BCUT2D eigenvalue weighted by Crippen LogP contribution is 2.35. The van der Waals surface area contributed by atoms with Crippen LogP contribution in [0.5, 0.6) is 5.75 Å². The highest BCUT2D eigenvalue weighted by atomic mass is 16.5. The zero-order chi connectivity index (χ0) is 18.7. The summed E-state index contributed by atoms with van der Waals surface area (Å²) in [6.45, 7) is 2.73. The number of nitrogen functional groups attached to an aromatic ring is 1. The van der Waals surface area contributed by atoms with Crippen molar-refractivity contribution in [3.05, 3.63) is 48.0 Å². The number of rotatable bonds is 5. The Kier molecular flexibility index (Phi) is 4.97. The summed E-state index contributed by atoms with van der Waals surface area (Å²) in [5, 5.41) is 2.76. The van der Waals surface area contributed by atoms with Gasteiger partial charge in [-0.3, -0.25) is 9.59 Å². The Morgan fingerprint density at radius 1 is 1.27 bits per heavy atom. The van der Waals surface area contributed by atoms with Crippen LogP contribution in [-0.4, -0.2) is 31.0 Å². The highest BCUT2D eigenvalue weighted by Gasteiger charge is 2.26. The summed E-state index contributed by atoms with van der Waals surface area (Å²) >= 11 is 0. The standard InChI is InChI=1S/C19H22N4O3/c1-2-13-10-23(16-9-12(20)7-8-17(16)26-13)11-18(24)22-15-6-4-3-5-14(15)19(21)25/h3-9,13H,2,10-11,20H2,1H3,(H2,21,25)(H,22,24). The van der Waals surface area contributed by atoms with E-state index in [0.29, 0.717) is 23.7 Å². The van der Waals surface area contributed by atoms with Crippen molar-refractivity contribution in [3.8, 4) is 5.75 Å². The maximum Gasteiger partial charge on any atom is 0.250 e. The molecule has 0 spiro atoms. The number of primary amides is 1. The van der Waals surface area contributed by atoms with Crippen LogP contribution >= 0.6 is 0 Å². The molecule has 1 atom stereocenters. The molecular weight excluding hydrogens is 332 g/mol. The van der Waals surface area contributed by atoms with Crippen LogP contribution in [0.25, 0.3) is 0 Å². The fraction of sp³-hybridized carbons (Fsp3) is 0.263. The molecule has 7 heteroatoms. The molecule has 2 aromatic rings. The van der Waals surface area contributed by atoms with E-state index in [0.717, 1.165) is 12.1 Å². The Bertz CT molecular complexity index is 837. The first-order valence-electron chi connectivity index (χ1n) is 8.47. The third-order valence-corrected chi connectivity index (χ3v) is 4.30. The minimum absolute atomic E-state index is 0.00293. The van der Waals surface area contributed by atoms with Crippen molar-refractivity contribution in [2.75, 3.05) is 29.0 Å². The van der Waals surface area contributed by atoms with Gasteiger partial charge in [-0.25, -0.2) is 0 Å². The SMILES string of the molecule is CCC1CN(CC(=O)Nc2ccccc2C(N)=O)c2cc(N)ccc2O1. The monoisotopic (exact) mass is 354 g/mol. The van der Waals surface area contributed by atoms with E-state index >= 15 is 0 Å². The van der Waals surface area contributed by atoms with Gasteiger partial charge < -0.3 is 26.4 Å². The summed E-state index contributed by atoms with van der Waals surface area (Å²) in [5.41, 5.74) is 13.3. The van der Waals surface area contributed by atoms with Gasteiger partial charge >= 0.3 is 0 Å². The van der Waals surface area contributed by atoms with E-state index < -0.39 is 5.91 Å². The van der Waals surface area contributed by atoms with E-state index in [2.05, 4.69) is 5.32 Å². The third-order valence-electron chi connectivity index (χ3n) is 4.30. The molecule has 5 N–H and O–H groups in total. The number of hydrogen-bond acceptors (Lipinski definition) is 5. The lowest BCUT2D eigenvalue weighted by molar-refractivity contribution is -0.115. The van der Waals surface area contributed by atoms with Crippen LogP contribution in [0.1, 0.15) is 23.7 Å². The fourth-order valence-corrected chi connectivity index (χ4v) is 2.97. The topological polar surface area (TPSA) is 111 Å². The fourth-order valence-electron chi connectivity index (χ4n) is 2.97. The first kappa shape index (κ1) is 17.6. The average Bonchev–Trinajstić information content (AvgIpc) is 2.62. The third kappa shape index (κ3) is 3.72. The average molecular weight is 354 g/mol. The van der Waals surface area contributed by atoms with E-state index in [9.17, 15) is 9.59 Å². The van der Waals surface area contributed by atoms with Gasteiger partial charge in [-0.15, -0.1) is 0 Å². The molecule has 3 rings (SSSR count). The van der Waals surface area contributed by atoms with Gasteiger partial charge in [0.25, 0.3) is 5.91 Å². The highest BCUT2D eigenvalue weighted by molar-refractivity contribution is 6.04. The number of benzene rings is 2. The number of hydrogen-bond donors (Lipinski definition) is 3. The normalized spacial score (nSPS) is 15.7. The number of amides is 2. The van der Waals surface area contributed by atoms with Crippen molar-refractivity contribution in [2.24, 2.45) is 5.73 Å². The van der Waals surface area contributed by atoms with Crippen LogP contribution < -0.4 is 26.4 Å². The summed E-state index contributed by atoms with van der Waals surface area (Å²) < 4.78 is 5.93. The molecule has 1 unspecified atom stereocenters. The maximum atomic E-state index is 12.6. The molecular formula is C19H22N4O3. The molecule has 136 valence electrons. The Morgan fingerprint density at radius 2 is 2.04 bits per heavy atom. The number of carbonyl (C=O) groups excluding carboxylic acids is 2. The van der Waals surface area contributed by atoms with Crippen molar-refractivity contribution >= 4 is 28.9 Å². The Labute approximate surface area is 151 Å². The molecule has 7 nitrogen and oxygen atoms in total. The minimum Gasteiger partial charge on any atom is -0.486 e. The van der Waals surface area contributed by atoms with Crippen LogP contribution in [0, 0.1) is 0 Å². The molecule has 1 aliphatic rings. The van der Waals surface area contributed by atoms with Gasteiger partial charge in [0.15, 0.2) is 0 Å². The quantitative estimate of drug-likeness (QED) is 0.711. The van der Waals surface area contributed by atoms with Crippen LogP contribution in [-0.2, 0) is 4.79 Å². The van der Waals surface area contributed by atoms with E-state index in [4.69, 9.17) is 16.2 Å². The number of para-hydroxylation sites is 1. The molecule has 26 heavy (non-hydrogen) atoms. The number of carbonyl (C=O) groups is 2. The Hall–Kier alpha value is -3.22.